The number of hydrogen-bond acceptors (Lipinski definition) is 4. The molecule has 1 unspecified atom stereocenters. The van der Waals surface area contributed by atoms with Gasteiger partial charge in [0.05, 0.1) is 19.1 Å². The van der Waals surface area contributed by atoms with Crippen molar-refractivity contribution in [2.75, 3.05) is 13.7 Å². The average Bonchev–Trinajstić information content (AvgIpc) is 3.07. The third kappa shape index (κ3) is 3.25. The Morgan fingerprint density at radius 2 is 2.00 bits per heavy atom. The van der Waals surface area contributed by atoms with E-state index in [1.54, 1.807) is 4.90 Å². The van der Waals surface area contributed by atoms with Crippen LogP contribution in [0, 0.1) is 0 Å². The number of nitrogens with zero attached hydrogens (tertiary/aromatic N) is 1. The summed E-state index contributed by atoms with van der Waals surface area (Å²) in [6.07, 6.45) is 8.03. The Morgan fingerprint density at radius 1 is 1.33 bits per heavy atom. The summed E-state index contributed by atoms with van der Waals surface area (Å²) in [5.74, 6) is -1.04. The highest BCUT2D eigenvalue weighted by molar-refractivity contribution is 5.91. The van der Waals surface area contributed by atoms with Crippen LogP contribution in [-0.2, 0) is 19.1 Å². The lowest BCUT2D eigenvalue weighted by atomic mass is 9.96. The Hall–Kier alpha value is -1.85. The summed E-state index contributed by atoms with van der Waals surface area (Å²) in [5, 5.41) is 2.57. The molecule has 1 aliphatic carbocycles. The molecule has 1 heterocycles. The fraction of sp³-hybridized carbons (Fsp3) is 0.667. The van der Waals surface area contributed by atoms with Crippen molar-refractivity contribution in [3.05, 3.63) is 12.2 Å². The average molecular weight is 294 g/mol. The maximum Gasteiger partial charge on any atom is 0.308 e. The zero-order valence-corrected chi connectivity index (χ0v) is 12.6. The topological polar surface area (TPSA) is 75.7 Å². The molecular weight excluding hydrogens is 272 g/mol. The van der Waals surface area contributed by atoms with Crippen LogP contribution in [0.5, 0.6) is 0 Å². The molecule has 1 aliphatic heterocycles. The van der Waals surface area contributed by atoms with E-state index in [1.807, 2.05) is 6.08 Å². The minimum Gasteiger partial charge on any atom is -0.469 e. The van der Waals surface area contributed by atoms with E-state index in [-0.39, 0.29) is 23.8 Å². The highest BCUT2D eigenvalue weighted by Gasteiger charge is 2.44. The lowest BCUT2D eigenvalue weighted by molar-refractivity contribution is -0.147. The number of hydrogen-bond donors (Lipinski definition) is 1. The van der Waals surface area contributed by atoms with Gasteiger partial charge in [0.15, 0.2) is 0 Å². The molecule has 6 heteroatoms. The van der Waals surface area contributed by atoms with Gasteiger partial charge in [-0.1, -0.05) is 25.0 Å². The van der Waals surface area contributed by atoms with Crippen LogP contribution in [0.15, 0.2) is 12.2 Å². The highest BCUT2D eigenvalue weighted by Crippen LogP contribution is 2.39. The lowest BCUT2D eigenvalue weighted by Crippen LogP contribution is -2.54. The second kappa shape index (κ2) is 6.28. The Labute approximate surface area is 124 Å². The molecule has 1 saturated carbocycles. The first kappa shape index (κ1) is 15.5. The summed E-state index contributed by atoms with van der Waals surface area (Å²) >= 11 is 0. The van der Waals surface area contributed by atoms with E-state index in [1.165, 1.54) is 14.0 Å². The van der Waals surface area contributed by atoms with Crippen LogP contribution in [0.2, 0.25) is 0 Å². The standard InChI is InChI=1S/C15H22N2O4/c1-11(18)16-12(10-13(19)21-2)14(20)17-9-5-8-15(17)6-3-4-7-15/h5,8,12H,3-4,6-7,9-10H2,1-2H3,(H,16,18). The molecule has 0 aromatic rings. The Kier molecular flexibility index (Phi) is 4.65. The summed E-state index contributed by atoms with van der Waals surface area (Å²) in [7, 11) is 1.27. The molecule has 2 aliphatic rings. The number of rotatable bonds is 4. The Morgan fingerprint density at radius 3 is 2.57 bits per heavy atom. The first-order valence-corrected chi connectivity index (χ1v) is 7.31. The first-order chi connectivity index (χ1) is 9.98. The van der Waals surface area contributed by atoms with Gasteiger partial charge in [-0.2, -0.15) is 0 Å². The molecule has 1 fully saturated rings. The molecule has 1 atom stereocenters. The molecular formula is C15H22N2O4. The monoisotopic (exact) mass is 294 g/mol. The van der Waals surface area contributed by atoms with Crippen LogP contribution >= 0.6 is 0 Å². The molecule has 0 radical (unpaired) electrons. The van der Waals surface area contributed by atoms with Gasteiger partial charge in [-0.3, -0.25) is 14.4 Å². The second-order valence-corrected chi connectivity index (χ2v) is 5.70. The van der Waals surface area contributed by atoms with E-state index in [9.17, 15) is 14.4 Å². The van der Waals surface area contributed by atoms with E-state index in [2.05, 4.69) is 16.1 Å². The van der Waals surface area contributed by atoms with Crippen molar-refractivity contribution in [3.8, 4) is 0 Å². The molecule has 6 nitrogen and oxygen atoms in total. The summed E-state index contributed by atoms with van der Waals surface area (Å²) < 4.78 is 4.62. The van der Waals surface area contributed by atoms with Gasteiger partial charge in [0.1, 0.15) is 6.04 Å². The number of carbonyl (C=O) groups excluding carboxylic acids is 3. The van der Waals surface area contributed by atoms with Crippen LogP contribution in [-0.4, -0.2) is 47.9 Å². The molecule has 0 aromatic carbocycles. The maximum atomic E-state index is 12.8. The Balaban J connectivity index is 2.13. The van der Waals surface area contributed by atoms with Crippen molar-refractivity contribution in [1.82, 2.24) is 10.2 Å². The first-order valence-electron chi connectivity index (χ1n) is 7.31. The van der Waals surface area contributed by atoms with Crippen LogP contribution in [0.25, 0.3) is 0 Å². The highest BCUT2D eigenvalue weighted by atomic mass is 16.5. The van der Waals surface area contributed by atoms with Crippen molar-refractivity contribution in [2.45, 2.75) is 50.6 Å². The smallest absolute Gasteiger partial charge is 0.308 e. The van der Waals surface area contributed by atoms with Crippen LogP contribution in [0.3, 0.4) is 0 Å². The molecule has 2 rings (SSSR count). The molecule has 116 valence electrons. The third-order valence-electron chi connectivity index (χ3n) is 4.26. The molecule has 21 heavy (non-hydrogen) atoms. The number of nitrogens with one attached hydrogen (secondary N) is 1. The van der Waals surface area contributed by atoms with E-state index >= 15 is 0 Å². The second-order valence-electron chi connectivity index (χ2n) is 5.70. The number of esters is 1. The van der Waals surface area contributed by atoms with E-state index in [0.717, 1.165) is 25.7 Å². The van der Waals surface area contributed by atoms with E-state index in [0.29, 0.717) is 6.54 Å². The number of ether oxygens (including phenoxy) is 1. The van der Waals surface area contributed by atoms with Gasteiger partial charge < -0.3 is 15.0 Å². The summed E-state index contributed by atoms with van der Waals surface area (Å²) in [6, 6.07) is -0.854. The SMILES string of the molecule is COC(=O)CC(NC(C)=O)C(=O)N1CC=CC12CCCC2. The fourth-order valence-electron chi connectivity index (χ4n) is 3.27. The lowest BCUT2D eigenvalue weighted by Gasteiger charge is -2.36. The molecule has 0 saturated heterocycles. The quantitative estimate of drug-likeness (QED) is 0.613. The van der Waals surface area contributed by atoms with Crippen LogP contribution in [0.4, 0.5) is 0 Å². The van der Waals surface area contributed by atoms with Crippen molar-refractivity contribution < 1.29 is 19.1 Å². The maximum absolute atomic E-state index is 12.8. The normalized spacial score (nSPS) is 20.6. The van der Waals surface area contributed by atoms with Crippen molar-refractivity contribution in [2.24, 2.45) is 0 Å². The number of carbonyl (C=O) groups is 3. The van der Waals surface area contributed by atoms with Gasteiger partial charge in [-0.15, -0.1) is 0 Å². The Bertz CT molecular complexity index is 466. The predicted molar refractivity (Wildman–Crippen MR) is 76.3 cm³/mol. The summed E-state index contributed by atoms with van der Waals surface area (Å²) in [4.78, 5) is 37.3. The van der Waals surface area contributed by atoms with Gasteiger partial charge in [0.2, 0.25) is 11.8 Å². The van der Waals surface area contributed by atoms with Gasteiger partial charge in [0, 0.05) is 13.5 Å². The van der Waals surface area contributed by atoms with E-state index < -0.39 is 12.0 Å². The summed E-state index contributed by atoms with van der Waals surface area (Å²) in [5.41, 5.74) is -0.218. The van der Waals surface area contributed by atoms with Crippen molar-refractivity contribution in [3.63, 3.8) is 0 Å². The molecule has 2 amide bonds. The van der Waals surface area contributed by atoms with Gasteiger partial charge in [0.25, 0.3) is 0 Å². The summed E-state index contributed by atoms with van der Waals surface area (Å²) in [6.45, 7) is 1.88. The largest absolute Gasteiger partial charge is 0.469 e. The van der Waals surface area contributed by atoms with Gasteiger partial charge in [-0.05, 0) is 12.8 Å². The molecule has 0 aromatic heterocycles. The van der Waals surface area contributed by atoms with Gasteiger partial charge >= 0.3 is 5.97 Å². The molecule has 0 bridgehead atoms. The zero-order chi connectivity index (χ0) is 15.5. The van der Waals surface area contributed by atoms with E-state index in [4.69, 9.17) is 0 Å². The fourth-order valence-corrected chi connectivity index (χ4v) is 3.27. The van der Waals surface area contributed by atoms with Gasteiger partial charge in [-0.25, -0.2) is 0 Å². The van der Waals surface area contributed by atoms with Crippen LogP contribution < -0.4 is 5.32 Å². The van der Waals surface area contributed by atoms with Crippen LogP contribution in [0.1, 0.15) is 39.0 Å². The number of methoxy groups -OCH3 is 1. The number of amides is 2. The van der Waals surface area contributed by atoms with Crippen molar-refractivity contribution in [1.29, 1.82) is 0 Å². The zero-order valence-electron chi connectivity index (χ0n) is 12.6. The third-order valence-corrected chi connectivity index (χ3v) is 4.26. The molecule has 1 N–H and O–H groups in total. The minimum absolute atomic E-state index is 0.137. The predicted octanol–water partition coefficient (Wildman–Crippen LogP) is 0.765. The van der Waals surface area contributed by atoms with Crippen molar-refractivity contribution >= 4 is 17.8 Å². The minimum atomic E-state index is -0.854. The molecule has 1 spiro atoms.